The van der Waals surface area contributed by atoms with E-state index < -0.39 is 0 Å². The van der Waals surface area contributed by atoms with Crippen molar-refractivity contribution < 1.29 is 47.7 Å². The summed E-state index contributed by atoms with van der Waals surface area (Å²) in [4.78, 5) is 0. The smallest absolute Gasteiger partial charge is 1.00 e. The summed E-state index contributed by atoms with van der Waals surface area (Å²) in [5, 5.41) is 0. The van der Waals surface area contributed by atoms with Crippen LogP contribution in [0.3, 0.4) is 0 Å². The van der Waals surface area contributed by atoms with Gasteiger partial charge in [0.25, 0.3) is 0 Å². The second-order valence-electron chi connectivity index (χ2n) is 0. The fourth-order valence-electron chi connectivity index (χ4n) is 0. The summed E-state index contributed by atoms with van der Waals surface area (Å²) in [6.07, 6.45) is 0. The first kappa shape index (κ1) is 73.1. The van der Waals surface area contributed by atoms with Crippen LogP contribution in [0.4, 0.5) is 0 Å². The Labute approximate surface area is 48.0 Å². The van der Waals surface area contributed by atoms with E-state index in [2.05, 4.69) is 0 Å². The zero-order valence-electron chi connectivity index (χ0n) is 1.66. The molecule has 0 aromatic heterocycles. The van der Waals surface area contributed by atoms with Crippen molar-refractivity contribution in [1.29, 1.82) is 0 Å². The predicted octanol–water partition coefficient (Wildman–Crippen LogP) is -6.82. The molecule has 0 amide bonds. The normalized spacial score (nSPS) is 0. The van der Waals surface area contributed by atoms with Crippen LogP contribution in [0.5, 0.6) is 0 Å². The molecule has 28 valence electrons. The van der Waals surface area contributed by atoms with Crippen molar-refractivity contribution in [1.82, 2.24) is 0 Å². The van der Waals surface area contributed by atoms with E-state index in [1.165, 1.54) is 0 Å². The van der Waals surface area contributed by atoms with Gasteiger partial charge in [-0.2, -0.15) is 0 Å². The molecule has 0 aliphatic rings. The van der Waals surface area contributed by atoms with E-state index in [0.29, 0.717) is 0 Å². The summed E-state index contributed by atoms with van der Waals surface area (Å²) >= 11 is 0. The van der Waals surface area contributed by atoms with Crippen molar-refractivity contribution in [3.8, 4) is 0 Å². The quantitative estimate of drug-likeness (QED) is 0.321. The fraction of sp³-hybridized carbons (Fsp3) is 0. The van der Waals surface area contributed by atoms with Crippen LogP contribution in [0.15, 0.2) is 0 Å². The van der Waals surface area contributed by atoms with Crippen LogP contribution in [0.1, 0.15) is 0 Å². The molecular formula is H2Cl2CrO. The third-order valence-electron chi connectivity index (χ3n) is 0. The summed E-state index contributed by atoms with van der Waals surface area (Å²) in [5.74, 6) is 0. The Morgan fingerprint density at radius 3 is 0.750 bits per heavy atom. The Bertz CT molecular complexity index is 6.00. The Kier molecular flexibility index (Phi) is 611. The predicted molar refractivity (Wildman–Crippen MR) is 3.61 cm³/mol. The molecule has 0 aliphatic heterocycles. The number of hydrogen-bond acceptors (Lipinski definition) is 0. The van der Waals surface area contributed by atoms with Crippen LogP contribution in [0.2, 0.25) is 0 Å². The molecule has 0 heterocycles. The minimum atomic E-state index is 0. The monoisotopic (exact) mass is 140 g/mol. The Balaban J connectivity index is 0. The van der Waals surface area contributed by atoms with E-state index in [0.717, 1.165) is 0 Å². The Morgan fingerprint density at radius 2 is 0.750 bits per heavy atom. The second-order valence-corrected chi connectivity index (χ2v) is 0. The minimum Gasteiger partial charge on any atom is -1.00 e. The van der Waals surface area contributed by atoms with Gasteiger partial charge >= 0.3 is 17.4 Å². The van der Waals surface area contributed by atoms with E-state index in [4.69, 9.17) is 0 Å². The Morgan fingerprint density at radius 1 is 0.750 bits per heavy atom. The molecule has 0 aliphatic carbocycles. The molecule has 0 atom stereocenters. The first-order chi connectivity index (χ1) is 0. The van der Waals surface area contributed by atoms with Crippen LogP contribution >= 0.6 is 0 Å². The van der Waals surface area contributed by atoms with Crippen LogP contribution in [-0.4, -0.2) is 5.48 Å². The largest absolute Gasteiger partial charge is 2.00 e. The number of hydrogen-bond donors (Lipinski definition) is 0. The molecule has 0 rings (SSSR count). The van der Waals surface area contributed by atoms with Gasteiger partial charge in [-0.05, 0) is 0 Å². The molecular weight excluding hydrogens is 139 g/mol. The standard InChI is InChI=1S/2ClH.Cr.H2O/h2*1H;;1H2/q;;+2;/p-2. The van der Waals surface area contributed by atoms with Gasteiger partial charge < -0.3 is 30.3 Å². The average molecular weight is 141 g/mol. The summed E-state index contributed by atoms with van der Waals surface area (Å²) in [6, 6.07) is 0. The van der Waals surface area contributed by atoms with Crippen LogP contribution in [-0.2, 0) is 17.4 Å². The Hall–Kier alpha value is 1.07. The van der Waals surface area contributed by atoms with Gasteiger partial charge in [-0.3, -0.25) is 0 Å². The molecule has 0 spiro atoms. The molecule has 0 aromatic rings. The third-order valence-corrected chi connectivity index (χ3v) is 0. The van der Waals surface area contributed by atoms with Crippen molar-refractivity contribution in [3.05, 3.63) is 0 Å². The van der Waals surface area contributed by atoms with E-state index >= 15 is 0 Å². The second kappa shape index (κ2) is 33.4. The van der Waals surface area contributed by atoms with Gasteiger partial charge in [0, 0.05) is 0 Å². The van der Waals surface area contributed by atoms with Gasteiger partial charge in [0.2, 0.25) is 0 Å². The molecule has 0 saturated carbocycles. The van der Waals surface area contributed by atoms with Crippen molar-refractivity contribution in [2.24, 2.45) is 0 Å². The summed E-state index contributed by atoms with van der Waals surface area (Å²) in [6.45, 7) is 0. The molecule has 1 nitrogen and oxygen atoms in total. The minimum absolute atomic E-state index is 0. The van der Waals surface area contributed by atoms with Gasteiger partial charge in [-0.25, -0.2) is 0 Å². The van der Waals surface area contributed by atoms with Gasteiger partial charge in [0.05, 0.1) is 0 Å². The molecule has 4 heteroatoms. The van der Waals surface area contributed by atoms with E-state index in [1.807, 2.05) is 0 Å². The van der Waals surface area contributed by atoms with Gasteiger partial charge in [-0.15, -0.1) is 0 Å². The SMILES string of the molecule is O.[Cl-].[Cl-].[Cr+2]. The van der Waals surface area contributed by atoms with Crippen LogP contribution in [0, 0.1) is 0 Å². The zero-order chi connectivity index (χ0) is 0. The maximum Gasteiger partial charge on any atom is 2.00 e. The maximum atomic E-state index is 0. The summed E-state index contributed by atoms with van der Waals surface area (Å²) in [5.41, 5.74) is 0. The first-order valence-electron chi connectivity index (χ1n) is 0. The van der Waals surface area contributed by atoms with E-state index in [9.17, 15) is 0 Å². The average Bonchev–Trinajstić information content (AvgIpc) is 0. The molecule has 4 heavy (non-hydrogen) atoms. The first-order valence-corrected chi connectivity index (χ1v) is 0. The molecule has 0 radical (unpaired) electrons. The fourth-order valence-corrected chi connectivity index (χ4v) is 0. The third kappa shape index (κ3) is 11.5. The van der Waals surface area contributed by atoms with Crippen LogP contribution < -0.4 is 24.8 Å². The van der Waals surface area contributed by atoms with Crippen molar-refractivity contribution in [2.45, 2.75) is 0 Å². The molecule has 0 saturated heterocycles. The van der Waals surface area contributed by atoms with Crippen molar-refractivity contribution in [3.63, 3.8) is 0 Å². The maximum absolute atomic E-state index is 0. The topological polar surface area (TPSA) is 31.5 Å². The molecule has 0 bridgehead atoms. The van der Waals surface area contributed by atoms with Gasteiger partial charge in [0.15, 0.2) is 0 Å². The van der Waals surface area contributed by atoms with Gasteiger partial charge in [-0.1, -0.05) is 0 Å². The molecule has 0 aromatic carbocycles. The van der Waals surface area contributed by atoms with E-state index in [-0.39, 0.29) is 47.7 Å². The van der Waals surface area contributed by atoms with Crippen molar-refractivity contribution >= 4 is 0 Å². The van der Waals surface area contributed by atoms with Gasteiger partial charge in [0.1, 0.15) is 0 Å². The summed E-state index contributed by atoms with van der Waals surface area (Å²) in [7, 11) is 0. The number of rotatable bonds is 0. The number of halogens is 2. The summed E-state index contributed by atoms with van der Waals surface area (Å²) < 4.78 is 0. The molecule has 0 unspecified atom stereocenters. The van der Waals surface area contributed by atoms with Crippen LogP contribution in [0.25, 0.3) is 0 Å². The van der Waals surface area contributed by atoms with Crippen molar-refractivity contribution in [2.75, 3.05) is 0 Å². The molecule has 2 N–H and O–H groups in total. The molecule has 0 fully saturated rings. The van der Waals surface area contributed by atoms with E-state index in [1.54, 1.807) is 0 Å². The zero-order valence-corrected chi connectivity index (χ0v) is 4.45.